The maximum absolute atomic E-state index is 12.6. The molecule has 2 N–H and O–H groups in total. The summed E-state index contributed by atoms with van der Waals surface area (Å²) >= 11 is 0. The molecule has 0 radical (unpaired) electrons. The average molecular weight is 432 g/mol. The number of nitrogens with zero attached hydrogens (tertiary/aromatic N) is 1. The monoisotopic (exact) mass is 431 g/mol. The SMILES string of the molecule is C[C@@H]1Cc2cc(S(=O)(=O)NCCC(=O)NCc3ccco3)ccc2N1C(=O)C1CC1. The van der Waals surface area contributed by atoms with Crippen LogP contribution in [0.3, 0.4) is 0 Å². The first-order valence-electron chi connectivity index (χ1n) is 10.1. The number of furan rings is 1. The van der Waals surface area contributed by atoms with Gasteiger partial charge in [-0.1, -0.05) is 0 Å². The van der Waals surface area contributed by atoms with E-state index in [2.05, 4.69) is 10.0 Å². The van der Waals surface area contributed by atoms with Gasteiger partial charge in [0.05, 0.1) is 17.7 Å². The first-order valence-corrected chi connectivity index (χ1v) is 11.6. The van der Waals surface area contributed by atoms with Crippen molar-refractivity contribution in [3.8, 4) is 0 Å². The Bertz CT molecular complexity index is 1040. The summed E-state index contributed by atoms with van der Waals surface area (Å²) in [6.07, 6.45) is 4.04. The lowest BCUT2D eigenvalue weighted by Gasteiger charge is -2.22. The molecule has 0 bridgehead atoms. The Labute approximate surface area is 175 Å². The number of nitrogens with one attached hydrogen (secondary N) is 2. The fourth-order valence-corrected chi connectivity index (χ4v) is 4.79. The molecular weight excluding hydrogens is 406 g/mol. The van der Waals surface area contributed by atoms with Crippen LogP contribution in [0.4, 0.5) is 5.69 Å². The zero-order valence-corrected chi connectivity index (χ0v) is 17.6. The van der Waals surface area contributed by atoms with Gasteiger partial charge in [-0.25, -0.2) is 13.1 Å². The van der Waals surface area contributed by atoms with Crippen molar-refractivity contribution in [1.29, 1.82) is 0 Å². The minimum Gasteiger partial charge on any atom is -0.467 e. The lowest BCUT2D eigenvalue weighted by molar-refractivity contribution is -0.121. The number of fused-ring (bicyclic) bond motifs is 1. The lowest BCUT2D eigenvalue weighted by atomic mass is 10.1. The average Bonchev–Trinajstić information content (AvgIpc) is 3.32. The fourth-order valence-electron chi connectivity index (χ4n) is 3.71. The van der Waals surface area contributed by atoms with Crippen LogP contribution in [0.25, 0.3) is 0 Å². The number of anilines is 1. The molecule has 1 atom stereocenters. The Kier molecular flexibility index (Phi) is 5.66. The first kappa shape index (κ1) is 20.6. The van der Waals surface area contributed by atoms with Crippen LogP contribution in [-0.4, -0.2) is 32.8 Å². The number of amides is 2. The summed E-state index contributed by atoms with van der Waals surface area (Å²) in [5.41, 5.74) is 1.66. The number of hydrogen-bond acceptors (Lipinski definition) is 5. The molecule has 1 fully saturated rings. The lowest BCUT2D eigenvalue weighted by Crippen LogP contribution is -2.36. The van der Waals surface area contributed by atoms with E-state index >= 15 is 0 Å². The van der Waals surface area contributed by atoms with Crippen molar-refractivity contribution in [3.63, 3.8) is 0 Å². The number of benzene rings is 1. The molecule has 4 rings (SSSR count). The summed E-state index contributed by atoms with van der Waals surface area (Å²) in [7, 11) is -3.75. The molecule has 2 heterocycles. The van der Waals surface area contributed by atoms with Gasteiger partial charge in [-0.2, -0.15) is 0 Å². The third kappa shape index (κ3) is 4.41. The normalized spacial score (nSPS) is 18.3. The van der Waals surface area contributed by atoms with Crippen molar-refractivity contribution in [2.75, 3.05) is 11.4 Å². The van der Waals surface area contributed by atoms with Crippen molar-refractivity contribution < 1.29 is 22.4 Å². The Morgan fingerprint density at radius 3 is 2.73 bits per heavy atom. The highest BCUT2D eigenvalue weighted by Crippen LogP contribution is 2.39. The Morgan fingerprint density at radius 2 is 2.03 bits per heavy atom. The third-order valence-corrected chi connectivity index (χ3v) is 6.88. The van der Waals surface area contributed by atoms with Crippen LogP contribution in [0, 0.1) is 5.92 Å². The van der Waals surface area contributed by atoms with Gasteiger partial charge in [0.25, 0.3) is 0 Å². The molecule has 8 nitrogen and oxygen atoms in total. The molecule has 1 aromatic carbocycles. The number of sulfonamides is 1. The third-order valence-electron chi connectivity index (χ3n) is 5.42. The second-order valence-corrected chi connectivity index (χ2v) is 9.60. The van der Waals surface area contributed by atoms with Gasteiger partial charge in [-0.3, -0.25) is 9.59 Å². The standard InChI is InChI=1S/C21H25N3O5S/c1-14-11-16-12-18(6-7-19(16)24(14)21(26)15-4-5-15)30(27,28)23-9-8-20(25)22-13-17-3-2-10-29-17/h2-3,6-7,10,12,14-15,23H,4-5,8-9,11,13H2,1H3,(H,22,25)/t14-/m1/s1. The van der Waals surface area contributed by atoms with Crippen LogP contribution < -0.4 is 14.9 Å². The zero-order valence-electron chi connectivity index (χ0n) is 16.8. The van der Waals surface area contributed by atoms with E-state index < -0.39 is 10.0 Å². The van der Waals surface area contributed by atoms with Crippen LogP contribution >= 0.6 is 0 Å². The Hall–Kier alpha value is -2.65. The predicted molar refractivity (Wildman–Crippen MR) is 110 cm³/mol. The van der Waals surface area contributed by atoms with Gasteiger partial charge in [0.1, 0.15) is 5.76 Å². The fraction of sp³-hybridized carbons (Fsp3) is 0.429. The van der Waals surface area contributed by atoms with E-state index in [9.17, 15) is 18.0 Å². The molecule has 160 valence electrons. The summed E-state index contributed by atoms with van der Waals surface area (Å²) in [6, 6.07) is 8.36. The van der Waals surface area contributed by atoms with Crippen LogP contribution in [0.1, 0.15) is 37.5 Å². The summed E-state index contributed by atoms with van der Waals surface area (Å²) in [4.78, 5) is 26.4. The molecule has 2 aromatic rings. The quantitative estimate of drug-likeness (QED) is 0.664. The second-order valence-electron chi connectivity index (χ2n) is 7.83. The van der Waals surface area contributed by atoms with E-state index in [1.54, 1.807) is 29.2 Å². The summed E-state index contributed by atoms with van der Waals surface area (Å²) < 4.78 is 32.9. The maximum Gasteiger partial charge on any atom is 0.240 e. The molecular formula is C21H25N3O5S. The summed E-state index contributed by atoms with van der Waals surface area (Å²) in [5.74, 6) is 0.606. The molecule has 1 aliphatic carbocycles. The highest BCUT2D eigenvalue weighted by Gasteiger charge is 2.39. The molecule has 30 heavy (non-hydrogen) atoms. The summed E-state index contributed by atoms with van der Waals surface area (Å²) in [6.45, 7) is 2.23. The summed E-state index contributed by atoms with van der Waals surface area (Å²) in [5, 5.41) is 2.67. The Balaban J connectivity index is 1.35. The van der Waals surface area contributed by atoms with Crippen molar-refractivity contribution in [1.82, 2.24) is 10.0 Å². The number of hydrogen-bond donors (Lipinski definition) is 2. The van der Waals surface area contributed by atoms with Crippen LogP contribution in [0.15, 0.2) is 45.9 Å². The molecule has 0 spiro atoms. The van der Waals surface area contributed by atoms with Crippen LogP contribution in [0.5, 0.6) is 0 Å². The van der Waals surface area contributed by atoms with Crippen LogP contribution in [-0.2, 0) is 32.6 Å². The molecule has 2 amide bonds. The molecule has 1 aliphatic heterocycles. The minimum absolute atomic E-state index is 0.00784. The molecule has 1 aromatic heterocycles. The molecule has 9 heteroatoms. The molecule has 0 saturated heterocycles. The van der Waals surface area contributed by atoms with Crippen molar-refractivity contribution >= 4 is 27.5 Å². The van der Waals surface area contributed by atoms with Crippen molar-refractivity contribution in [2.24, 2.45) is 5.92 Å². The molecule has 1 saturated carbocycles. The van der Waals surface area contributed by atoms with Gasteiger partial charge < -0.3 is 14.6 Å². The number of carbonyl (C=O) groups excluding carboxylic acids is 2. The van der Waals surface area contributed by atoms with Gasteiger partial charge in [0, 0.05) is 30.6 Å². The minimum atomic E-state index is -3.75. The molecule has 0 unspecified atom stereocenters. The van der Waals surface area contributed by atoms with E-state index in [0.717, 1.165) is 24.1 Å². The topological polar surface area (TPSA) is 109 Å². The van der Waals surface area contributed by atoms with Gasteiger partial charge in [-0.15, -0.1) is 0 Å². The first-order chi connectivity index (χ1) is 14.3. The predicted octanol–water partition coefficient (Wildman–Crippen LogP) is 1.95. The van der Waals surface area contributed by atoms with E-state index in [-0.39, 0.29) is 48.2 Å². The van der Waals surface area contributed by atoms with E-state index in [0.29, 0.717) is 12.2 Å². The molecule has 2 aliphatic rings. The van der Waals surface area contributed by atoms with Gasteiger partial charge >= 0.3 is 0 Å². The zero-order chi connectivity index (χ0) is 21.3. The number of carbonyl (C=O) groups is 2. The van der Waals surface area contributed by atoms with E-state index in [1.807, 2.05) is 6.92 Å². The largest absolute Gasteiger partial charge is 0.467 e. The van der Waals surface area contributed by atoms with Gasteiger partial charge in [0.2, 0.25) is 21.8 Å². The maximum atomic E-state index is 12.6. The van der Waals surface area contributed by atoms with Crippen molar-refractivity contribution in [3.05, 3.63) is 47.9 Å². The van der Waals surface area contributed by atoms with E-state index in [1.165, 1.54) is 12.3 Å². The van der Waals surface area contributed by atoms with Gasteiger partial charge in [0.15, 0.2) is 0 Å². The number of rotatable bonds is 8. The highest BCUT2D eigenvalue weighted by atomic mass is 32.2. The van der Waals surface area contributed by atoms with Crippen molar-refractivity contribution in [2.45, 2.75) is 50.1 Å². The second kappa shape index (κ2) is 8.23. The Morgan fingerprint density at radius 1 is 1.23 bits per heavy atom. The smallest absolute Gasteiger partial charge is 0.240 e. The highest BCUT2D eigenvalue weighted by molar-refractivity contribution is 7.89. The van der Waals surface area contributed by atoms with E-state index in [4.69, 9.17) is 4.42 Å². The van der Waals surface area contributed by atoms with Crippen LogP contribution in [0.2, 0.25) is 0 Å². The van der Waals surface area contributed by atoms with Gasteiger partial charge in [-0.05, 0) is 62.1 Å².